The number of nitrogens with zero attached hydrogens (tertiary/aromatic N) is 2. The maximum Gasteiger partial charge on any atom is 0.211 e. The molecule has 1 aliphatic rings. The predicted octanol–water partition coefficient (Wildman–Crippen LogP) is 1.07. The van der Waals surface area contributed by atoms with Crippen LogP contribution < -0.4 is 16.4 Å². The van der Waals surface area contributed by atoms with Gasteiger partial charge in [-0.25, -0.2) is 8.42 Å². The summed E-state index contributed by atoms with van der Waals surface area (Å²) in [6.07, 6.45) is 1.21. The van der Waals surface area contributed by atoms with Gasteiger partial charge in [-0.1, -0.05) is 11.6 Å². The van der Waals surface area contributed by atoms with Crippen molar-refractivity contribution >= 4 is 38.8 Å². The van der Waals surface area contributed by atoms with Gasteiger partial charge in [-0.05, 0) is 26.0 Å². The molecule has 0 saturated carbocycles. The zero-order valence-electron chi connectivity index (χ0n) is 13.4. The Morgan fingerprint density at radius 2 is 1.96 bits per heavy atom. The molecule has 9 heteroatoms. The first-order valence-corrected chi connectivity index (χ1v) is 9.32. The lowest BCUT2D eigenvalue weighted by atomic mass is 10.0. The molecule has 5 N–H and O–H groups in total. The van der Waals surface area contributed by atoms with Crippen molar-refractivity contribution in [2.24, 2.45) is 5.73 Å². The van der Waals surface area contributed by atoms with Crippen molar-refractivity contribution in [3.8, 4) is 0 Å². The van der Waals surface area contributed by atoms with Crippen LogP contribution in [0.2, 0.25) is 5.02 Å². The summed E-state index contributed by atoms with van der Waals surface area (Å²) in [6, 6.07) is 3.27. The van der Waals surface area contributed by atoms with Gasteiger partial charge in [-0.15, -0.1) is 0 Å². The second kappa shape index (κ2) is 5.85. The summed E-state index contributed by atoms with van der Waals surface area (Å²) in [4.78, 5) is 1.98. The molecule has 0 spiro atoms. The minimum absolute atomic E-state index is 0.153. The number of nitrogens with one attached hydrogen (secondary N) is 1. The normalized spacial score (nSPS) is 18.9. The Morgan fingerprint density at radius 3 is 2.43 bits per heavy atom. The summed E-state index contributed by atoms with van der Waals surface area (Å²) < 4.78 is 25.3. The number of amidine groups is 1. The third-order valence-electron chi connectivity index (χ3n) is 3.98. The highest BCUT2D eigenvalue weighted by Crippen LogP contribution is 2.34. The van der Waals surface area contributed by atoms with Gasteiger partial charge < -0.3 is 16.4 Å². The first-order valence-electron chi connectivity index (χ1n) is 7.09. The summed E-state index contributed by atoms with van der Waals surface area (Å²) in [6.45, 7) is 5.03. The highest BCUT2D eigenvalue weighted by atomic mass is 35.5. The molecule has 0 radical (unpaired) electrons. The fraction of sp³-hybridized carbons (Fsp3) is 0.500. The number of piperazine rings is 1. The molecule has 0 unspecified atom stereocenters. The molecule has 1 saturated heterocycles. The van der Waals surface area contributed by atoms with Crippen molar-refractivity contribution in [2.45, 2.75) is 19.4 Å². The van der Waals surface area contributed by atoms with E-state index in [1.807, 2.05) is 18.7 Å². The molecule has 0 aromatic heterocycles. The van der Waals surface area contributed by atoms with Gasteiger partial charge in [0.25, 0.3) is 0 Å². The Morgan fingerprint density at radius 1 is 1.35 bits per heavy atom. The molecule has 0 atom stereocenters. The molecule has 128 valence electrons. The SMILES string of the molecule is CC1(C)CN(c2cc(Cl)cc(C(=N)N)c2N)CCN1S(C)(=O)=O. The van der Waals surface area contributed by atoms with Crippen molar-refractivity contribution < 1.29 is 8.42 Å². The van der Waals surface area contributed by atoms with Crippen LogP contribution in [0.25, 0.3) is 0 Å². The Kier molecular flexibility index (Phi) is 4.53. The molecule has 0 bridgehead atoms. The predicted molar refractivity (Wildman–Crippen MR) is 94.7 cm³/mol. The summed E-state index contributed by atoms with van der Waals surface area (Å²) in [7, 11) is -3.28. The third-order valence-corrected chi connectivity index (χ3v) is 5.68. The van der Waals surface area contributed by atoms with E-state index in [2.05, 4.69) is 0 Å². The highest BCUT2D eigenvalue weighted by molar-refractivity contribution is 7.88. The molecular weight excluding hydrogens is 338 g/mol. The Balaban J connectivity index is 2.41. The summed E-state index contributed by atoms with van der Waals surface area (Å²) in [5.41, 5.74) is 12.5. The Bertz CT molecular complexity index is 748. The van der Waals surface area contributed by atoms with Crippen LogP contribution in [0.1, 0.15) is 19.4 Å². The van der Waals surface area contributed by atoms with Crippen molar-refractivity contribution in [2.75, 3.05) is 36.5 Å². The van der Waals surface area contributed by atoms with Crippen molar-refractivity contribution in [1.29, 1.82) is 5.41 Å². The zero-order chi connectivity index (χ0) is 17.6. The highest BCUT2D eigenvalue weighted by Gasteiger charge is 2.39. The van der Waals surface area contributed by atoms with Crippen LogP contribution in [0.15, 0.2) is 12.1 Å². The molecule has 7 nitrogen and oxygen atoms in total. The minimum atomic E-state index is -3.28. The molecule has 2 rings (SSSR count). The fourth-order valence-electron chi connectivity index (χ4n) is 3.05. The maximum absolute atomic E-state index is 11.9. The van der Waals surface area contributed by atoms with E-state index < -0.39 is 15.6 Å². The van der Waals surface area contributed by atoms with E-state index in [0.717, 1.165) is 0 Å². The zero-order valence-corrected chi connectivity index (χ0v) is 15.0. The van der Waals surface area contributed by atoms with Crippen LogP contribution >= 0.6 is 11.6 Å². The number of nitrogens with two attached hydrogens (primary N) is 2. The third kappa shape index (κ3) is 3.54. The average molecular weight is 360 g/mol. The fourth-order valence-corrected chi connectivity index (χ4v) is 4.63. The monoisotopic (exact) mass is 359 g/mol. The van der Waals surface area contributed by atoms with Crippen LogP contribution in [0.4, 0.5) is 11.4 Å². The maximum atomic E-state index is 11.9. The molecule has 0 aliphatic carbocycles. The number of hydrogen-bond donors (Lipinski definition) is 3. The van der Waals surface area contributed by atoms with E-state index in [0.29, 0.717) is 41.6 Å². The second-order valence-corrected chi connectivity index (χ2v) is 8.71. The number of benzene rings is 1. The second-order valence-electron chi connectivity index (χ2n) is 6.37. The van der Waals surface area contributed by atoms with Crippen LogP contribution in [0, 0.1) is 5.41 Å². The number of hydrogen-bond acceptors (Lipinski definition) is 5. The van der Waals surface area contributed by atoms with Gasteiger partial charge in [0.2, 0.25) is 10.0 Å². The van der Waals surface area contributed by atoms with E-state index in [1.165, 1.54) is 10.6 Å². The topological polar surface area (TPSA) is 117 Å². The average Bonchev–Trinajstić information content (AvgIpc) is 2.37. The van der Waals surface area contributed by atoms with Crippen molar-refractivity contribution in [3.05, 3.63) is 22.7 Å². The van der Waals surface area contributed by atoms with Gasteiger partial charge >= 0.3 is 0 Å². The minimum Gasteiger partial charge on any atom is -0.396 e. The van der Waals surface area contributed by atoms with Crippen molar-refractivity contribution in [3.63, 3.8) is 0 Å². The van der Waals surface area contributed by atoms with Crippen molar-refractivity contribution in [1.82, 2.24) is 4.31 Å². The molecule has 1 aliphatic heterocycles. The Hall–Kier alpha value is -1.51. The molecule has 1 aromatic rings. The van der Waals surface area contributed by atoms with E-state index in [1.54, 1.807) is 12.1 Å². The number of anilines is 2. The summed E-state index contributed by atoms with van der Waals surface area (Å²) >= 11 is 6.12. The molecular formula is C14H22ClN5O2S. The van der Waals surface area contributed by atoms with E-state index in [-0.39, 0.29) is 5.84 Å². The number of nitrogen functional groups attached to an aromatic ring is 2. The lowest BCUT2D eigenvalue weighted by Crippen LogP contribution is -2.61. The molecule has 1 fully saturated rings. The first kappa shape index (κ1) is 17.8. The van der Waals surface area contributed by atoms with E-state index in [9.17, 15) is 8.42 Å². The number of sulfonamides is 1. The van der Waals surface area contributed by atoms with Gasteiger partial charge in [0.05, 0.1) is 17.6 Å². The molecule has 1 aromatic carbocycles. The van der Waals surface area contributed by atoms with Crippen LogP contribution in [-0.4, -0.2) is 50.0 Å². The lowest BCUT2D eigenvalue weighted by molar-refractivity contribution is 0.206. The molecule has 23 heavy (non-hydrogen) atoms. The molecule has 0 amide bonds. The standard InChI is InChI=1S/C14H22ClN5O2S/c1-14(2)8-19(4-5-20(14)23(3,21)22)11-7-9(15)6-10(12(11)16)13(17)18/h6-7H,4-5,8,16H2,1-3H3,(H3,17,18). The van der Waals surface area contributed by atoms with E-state index >= 15 is 0 Å². The summed E-state index contributed by atoms with van der Waals surface area (Å²) in [5.74, 6) is -0.153. The lowest BCUT2D eigenvalue weighted by Gasteiger charge is -2.46. The molecule has 1 heterocycles. The first-order chi connectivity index (χ1) is 10.4. The van der Waals surface area contributed by atoms with Crippen LogP contribution in [-0.2, 0) is 10.0 Å². The quantitative estimate of drug-likeness (QED) is 0.424. The van der Waals surface area contributed by atoms with Crippen LogP contribution in [0.3, 0.4) is 0 Å². The largest absolute Gasteiger partial charge is 0.396 e. The van der Waals surface area contributed by atoms with Gasteiger partial charge in [-0.3, -0.25) is 5.41 Å². The smallest absolute Gasteiger partial charge is 0.211 e. The van der Waals surface area contributed by atoms with Gasteiger partial charge in [0.1, 0.15) is 5.84 Å². The number of halogens is 1. The van der Waals surface area contributed by atoms with Gasteiger partial charge in [0, 0.05) is 35.8 Å². The van der Waals surface area contributed by atoms with Gasteiger partial charge in [0.15, 0.2) is 0 Å². The summed E-state index contributed by atoms with van der Waals surface area (Å²) in [5, 5.41) is 8.04. The van der Waals surface area contributed by atoms with Gasteiger partial charge in [-0.2, -0.15) is 4.31 Å². The number of rotatable bonds is 3. The van der Waals surface area contributed by atoms with Crippen LogP contribution in [0.5, 0.6) is 0 Å². The van der Waals surface area contributed by atoms with E-state index in [4.69, 9.17) is 28.5 Å². The Labute approximate surface area is 141 Å².